The van der Waals surface area contributed by atoms with Gasteiger partial charge in [0.15, 0.2) is 0 Å². The zero-order chi connectivity index (χ0) is 5.98. The molecule has 0 aromatic rings. The summed E-state index contributed by atoms with van der Waals surface area (Å²) in [6.45, 7) is 3.76. The van der Waals surface area contributed by atoms with Crippen molar-refractivity contribution in [2.45, 2.75) is 6.42 Å². The summed E-state index contributed by atoms with van der Waals surface area (Å²) in [5.41, 5.74) is 7.40. The molecule has 0 aliphatic heterocycles. The average molecular weight is 107 g/mol. The largest absolute Gasteiger partial charge is 0.399 e. The first kappa shape index (κ1) is 5.16. The second-order valence-corrected chi connectivity index (χ2v) is 1.90. The van der Waals surface area contributed by atoms with Crippen LogP contribution in [0.2, 0.25) is 0 Å². The summed E-state index contributed by atoms with van der Waals surface area (Å²) in [5, 5.41) is 0. The van der Waals surface area contributed by atoms with Crippen LogP contribution >= 0.6 is 0 Å². The first-order chi connectivity index (χ1) is 3.79. The summed E-state index contributed by atoms with van der Waals surface area (Å²) in [4.78, 5) is 0. The normalized spacial score (nSPS) is 18.5. The molecule has 0 spiro atoms. The van der Waals surface area contributed by atoms with Crippen LogP contribution in [-0.2, 0) is 0 Å². The van der Waals surface area contributed by atoms with E-state index in [-0.39, 0.29) is 0 Å². The van der Waals surface area contributed by atoms with Crippen LogP contribution in [0.25, 0.3) is 0 Å². The Balaban J connectivity index is 2.71. The highest BCUT2D eigenvalue weighted by Gasteiger charge is 1.92. The van der Waals surface area contributed by atoms with Gasteiger partial charge in [-0.15, -0.1) is 0 Å². The number of hydrogen-bond donors (Lipinski definition) is 1. The Morgan fingerprint density at radius 2 is 2.25 bits per heavy atom. The van der Waals surface area contributed by atoms with Crippen molar-refractivity contribution in [2.75, 3.05) is 0 Å². The number of hydrogen-bond acceptors (Lipinski definition) is 1. The van der Waals surface area contributed by atoms with E-state index < -0.39 is 0 Å². The van der Waals surface area contributed by atoms with Crippen molar-refractivity contribution in [3.63, 3.8) is 0 Å². The highest BCUT2D eigenvalue weighted by atomic mass is 14.6. The molecular formula is C7H9N. The van der Waals surface area contributed by atoms with Crippen LogP contribution in [0.3, 0.4) is 0 Å². The van der Waals surface area contributed by atoms with Crippen molar-refractivity contribution in [1.29, 1.82) is 0 Å². The monoisotopic (exact) mass is 107 g/mol. The standard InChI is InChI=1S/C7H9N/c1-6-2-4-7(8)5-3-6/h2,4-5H,1,3,8H2. The summed E-state index contributed by atoms with van der Waals surface area (Å²) < 4.78 is 0. The minimum absolute atomic E-state index is 0.845. The molecule has 1 rings (SSSR count). The van der Waals surface area contributed by atoms with Gasteiger partial charge in [-0.05, 0) is 12.5 Å². The zero-order valence-electron chi connectivity index (χ0n) is 4.72. The Bertz CT molecular complexity index is 160. The van der Waals surface area contributed by atoms with Gasteiger partial charge in [0.1, 0.15) is 0 Å². The van der Waals surface area contributed by atoms with Gasteiger partial charge in [0.05, 0.1) is 0 Å². The highest BCUT2D eigenvalue weighted by Crippen LogP contribution is 2.08. The number of nitrogens with two attached hydrogens (primary N) is 1. The van der Waals surface area contributed by atoms with Crippen molar-refractivity contribution in [1.82, 2.24) is 0 Å². The summed E-state index contributed by atoms with van der Waals surface area (Å²) in [5.74, 6) is 0. The van der Waals surface area contributed by atoms with Gasteiger partial charge in [-0.3, -0.25) is 0 Å². The Kier molecular flexibility index (Phi) is 1.20. The molecule has 1 nitrogen and oxygen atoms in total. The molecule has 8 heavy (non-hydrogen) atoms. The van der Waals surface area contributed by atoms with Crippen LogP contribution < -0.4 is 5.73 Å². The quantitative estimate of drug-likeness (QED) is 0.496. The summed E-state index contributed by atoms with van der Waals surface area (Å²) >= 11 is 0. The van der Waals surface area contributed by atoms with E-state index in [1.807, 2.05) is 18.2 Å². The maximum atomic E-state index is 5.43. The smallest absolute Gasteiger partial charge is 0.0276 e. The van der Waals surface area contributed by atoms with Gasteiger partial charge >= 0.3 is 0 Å². The number of rotatable bonds is 0. The molecule has 0 amide bonds. The first-order valence-corrected chi connectivity index (χ1v) is 2.60. The van der Waals surface area contributed by atoms with E-state index in [2.05, 4.69) is 6.58 Å². The molecule has 1 heteroatoms. The predicted molar refractivity (Wildman–Crippen MR) is 35.2 cm³/mol. The Hall–Kier alpha value is -0.980. The first-order valence-electron chi connectivity index (χ1n) is 2.60. The van der Waals surface area contributed by atoms with Gasteiger partial charge in [-0.25, -0.2) is 0 Å². The van der Waals surface area contributed by atoms with Gasteiger partial charge in [-0.2, -0.15) is 0 Å². The molecule has 0 saturated carbocycles. The Labute approximate surface area is 49.2 Å². The van der Waals surface area contributed by atoms with E-state index in [1.54, 1.807) is 0 Å². The van der Waals surface area contributed by atoms with Crippen LogP contribution in [0.15, 0.2) is 36.1 Å². The summed E-state index contributed by atoms with van der Waals surface area (Å²) in [7, 11) is 0. The lowest BCUT2D eigenvalue weighted by molar-refractivity contribution is 1.21. The molecule has 0 aromatic heterocycles. The lowest BCUT2D eigenvalue weighted by atomic mass is 10.1. The molecule has 0 heterocycles. The highest BCUT2D eigenvalue weighted by molar-refractivity contribution is 5.31. The Morgan fingerprint density at radius 1 is 1.50 bits per heavy atom. The maximum absolute atomic E-state index is 5.43. The molecule has 0 unspecified atom stereocenters. The van der Waals surface area contributed by atoms with Gasteiger partial charge in [0, 0.05) is 5.70 Å². The van der Waals surface area contributed by atoms with E-state index in [0.717, 1.165) is 17.7 Å². The molecule has 0 radical (unpaired) electrons. The lowest BCUT2D eigenvalue weighted by Gasteiger charge is -2.01. The summed E-state index contributed by atoms with van der Waals surface area (Å²) in [6, 6.07) is 0. The fourth-order valence-corrected chi connectivity index (χ4v) is 0.599. The van der Waals surface area contributed by atoms with Crippen molar-refractivity contribution < 1.29 is 0 Å². The van der Waals surface area contributed by atoms with E-state index in [0.29, 0.717) is 0 Å². The fraction of sp³-hybridized carbons (Fsp3) is 0.143. The topological polar surface area (TPSA) is 26.0 Å². The molecular weight excluding hydrogens is 98.1 g/mol. The third-order valence-corrected chi connectivity index (χ3v) is 1.11. The molecule has 0 atom stereocenters. The van der Waals surface area contributed by atoms with Crippen molar-refractivity contribution >= 4 is 0 Å². The summed E-state index contributed by atoms with van der Waals surface area (Å²) in [6.07, 6.45) is 6.67. The van der Waals surface area contributed by atoms with E-state index in [1.165, 1.54) is 0 Å². The van der Waals surface area contributed by atoms with E-state index in [9.17, 15) is 0 Å². The van der Waals surface area contributed by atoms with Crippen LogP contribution in [0, 0.1) is 0 Å². The van der Waals surface area contributed by atoms with Crippen molar-refractivity contribution in [2.24, 2.45) is 5.73 Å². The molecule has 0 bridgehead atoms. The van der Waals surface area contributed by atoms with Crippen molar-refractivity contribution in [3.05, 3.63) is 36.1 Å². The SMILES string of the molecule is C=C1C=CC(N)=CC1. The van der Waals surface area contributed by atoms with E-state index >= 15 is 0 Å². The maximum Gasteiger partial charge on any atom is 0.0276 e. The fourth-order valence-electron chi connectivity index (χ4n) is 0.599. The van der Waals surface area contributed by atoms with Gasteiger partial charge in [0.25, 0.3) is 0 Å². The molecule has 42 valence electrons. The average Bonchev–Trinajstić information content (AvgIpc) is 1.77. The van der Waals surface area contributed by atoms with Crippen LogP contribution in [-0.4, -0.2) is 0 Å². The molecule has 0 saturated heterocycles. The minimum atomic E-state index is 0.845. The second-order valence-electron chi connectivity index (χ2n) is 1.90. The zero-order valence-corrected chi connectivity index (χ0v) is 4.72. The van der Waals surface area contributed by atoms with Gasteiger partial charge in [-0.1, -0.05) is 24.3 Å². The molecule has 0 fully saturated rings. The lowest BCUT2D eigenvalue weighted by Crippen LogP contribution is -1.95. The predicted octanol–water partition coefficient (Wildman–Crippen LogP) is 1.35. The molecule has 1 aliphatic rings. The van der Waals surface area contributed by atoms with E-state index in [4.69, 9.17) is 5.73 Å². The number of allylic oxidation sites excluding steroid dienone is 4. The third-order valence-electron chi connectivity index (χ3n) is 1.11. The molecule has 1 aliphatic carbocycles. The van der Waals surface area contributed by atoms with Crippen molar-refractivity contribution in [3.8, 4) is 0 Å². The van der Waals surface area contributed by atoms with Crippen LogP contribution in [0.4, 0.5) is 0 Å². The van der Waals surface area contributed by atoms with Gasteiger partial charge in [0.2, 0.25) is 0 Å². The van der Waals surface area contributed by atoms with Gasteiger partial charge < -0.3 is 5.73 Å². The third kappa shape index (κ3) is 0.997. The van der Waals surface area contributed by atoms with Crippen LogP contribution in [0.1, 0.15) is 6.42 Å². The van der Waals surface area contributed by atoms with Crippen LogP contribution in [0.5, 0.6) is 0 Å². The minimum Gasteiger partial charge on any atom is -0.399 e. The second kappa shape index (κ2) is 1.86. The Morgan fingerprint density at radius 3 is 2.62 bits per heavy atom. The molecule has 0 aromatic carbocycles. The molecule has 2 N–H and O–H groups in total.